The first-order chi connectivity index (χ1) is 12.0. The van der Waals surface area contributed by atoms with Gasteiger partial charge in [0.05, 0.1) is 5.92 Å². The van der Waals surface area contributed by atoms with E-state index in [-0.39, 0.29) is 17.7 Å². The summed E-state index contributed by atoms with van der Waals surface area (Å²) in [5.41, 5.74) is 3.41. The van der Waals surface area contributed by atoms with Crippen LogP contribution in [0.1, 0.15) is 23.1 Å². The summed E-state index contributed by atoms with van der Waals surface area (Å²) >= 11 is 0. The van der Waals surface area contributed by atoms with Crippen LogP contribution in [0.5, 0.6) is 0 Å². The first-order valence-corrected chi connectivity index (χ1v) is 8.66. The average molecular weight is 336 g/mol. The van der Waals surface area contributed by atoms with Gasteiger partial charge in [0.1, 0.15) is 0 Å². The Balaban J connectivity index is 1.61. The lowest BCUT2D eigenvalue weighted by molar-refractivity contribution is -0.135. The molecule has 0 aromatic heterocycles. The van der Waals surface area contributed by atoms with E-state index in [0.717, 1.165) is 11.1 Å². The Labute approximate surface area is 149 Å². The fourth-order valence-electron chi connectivity index (χ4n) is 3.33. The molecule has 2 amide bonds. The van der Waals surface area contributed by atoms with Crippen molar-refractivity contribution in [3.8, 4) is 0 Å². The SMILES string of the molecule is Cc1ccccc1CN(C)C(=O)[C@@H]1CC(=O)N(Cc2ccccc2)C1. The van der Waals surface area contributed by atoms with Crippen molar-refractivity contribution in [2.24, 2.45) is 5.92 Å². The highest BCUT2D eigenvalue weighted by atomic mass is 16.2. The molecule has 1 heterocycles. The summed E-state index contributed by atoms with van der Waals surface area (Å²) in [5.74, 6) is -0.135. The van der Waals surface area contributed by atoms with Gasteiger partial charge in [-0.25, -0.2) is 0 Å². The maximum absolute atomic E-state index is 12.8. The van der Waals surface area contributed by atoms with Gasteiger partial charge in [-0.3, -0.25) is 9.59 Å². The van der Waals surface area contributed by atoms with Gasteiger partial charge < -0.3 is 9.80 Å². The minimum Gasteiger partial charge on any atom is -0.341 e. The lowest BCUT2D eigenvalue weighted by Gasteiger charge is -2.22. The number of rotatable bonds is 5. The Bertz CT molecular complexity index is 758. The Morgan fingerprint density at radius 3 is 2.52 bits per heavy atom. The monoisotopic (exact) mass is 336 g/mol. The van der Waals surface area contributed by atoms with Crippen molar-refractivity contribution in [2.75, 3.05) is 13.6 Å². The second-order valence-corrected chi connectivity index (χ2v) is 6.78. The van der Waals surface area contributed by atoms with Gasteiger partial charge in [0.2, 0.25) is 11.8 Å². The highest BCUT2D eigenvalue weighted by molar-refractivity contribution is 5.89. The summed E-state index contributed by atoms with van der Waals surface area (Å²) in [7, 11) is 1.82. The predicted octanol–water partition coefficient (Wildman–Crippen LogP) is 3.00. The third-order valence-corrected chi connectivity index (χ3v) is 4.82. The van der Waals surface area contributed by atoms with Crippen LogP contribution < -0.4 is 0 Å². The van der Waals surface area contributed by atoms with E-state index < -0.39 is 0 Å². The number of likely N-dealkylation sites (tertiary alicyclic amines) is 1. The summed E-state index contributed by atoms with van der Waals surface area (Å²) in [6, 6.07) is 18.0. The van der Waals surface area contributed by atoms with Gasteiger partial charge in [0.25, 0.3) is 0 Å². The van der Waals surface area contributed by atoms with Gasteiger partial charge >= 0.3 is 0 Å². The lowest BCUT2D eigenvalue weighted by atomic mass is 10.1. The van der Waals surface area contributed by atoms with Crippen LogP contribution in [0.25, 0.3) is 0 Å². The first-order valence-electron chi connectivity index (χ1n) is 8.66. The van der Waals surface area contributed by atoms with Crippen LogP contribution in [-0.4, -0.2) is 35.2 Å². The summed E-state index contributed by atoms with van der Waals surface area (Å²) in [6.45, 7) is 3.71. The minimum atomic E-state index is -0.245. The van der Waals surface area contributed by atoms with Crippen molar-refractivity contribution < 1.29 is 9.59 Å². The van der Waals surface area contributed by atoms with Crippen molar-refractivity contribution in [1.82, 2.24) is 9.80 Å². The fourth-order valence-corrected chi connectivity index (χ4v) is 3.33. The molecule has 0 aliphatic carbocycles. The zero-order valence-corrected chi connectivity index (χ0v) is 14.8. The number of carbonyl (C=O) groups excluding carboxylic acids is 2. The second-order valence-electron chi connectivity index (χ2n) is 6.78. The summed E-state index contributed by atoms with van der Waals surface area (Å²) in [4.78, 5) is 28.6. The number of hydrogen-bond acceptors (Lipinski definition) is 2. The lowest BCUT2D eigenvalue weighted by Crippen LogP contribution is -2.34. The largest absolute Gasteiger partial charge is 0.341 e. The standard InChI is InChI=1S/C21H24N2O2/c1-16-8-6-7-11-18(16)14-22(2)21(25)19-12-20(24)23(15-19)13-17-9-4-3-5-10-17/h3-11,19H,12-15H2,1-2H3/t19-/m1/s1. The summed E-state index contributed by atoms with van der Waals surface area (Å²) in [6.07, 6.45) is 0.309. The molecule has 130 valence electrons. The Morgan fingerprint density at radius 1 is 1.12 bits per heavy atom. The zero-order valence-electron chi connectivity index (χ0n) is 14.8. The molecule has 2 aromatic carbocycles. The molecule has 1 saturated heterocycles. The molecular weight excluding hydrogens is 312 g/mol. The van der Waals surface area contributed by atoms with Crippen molar-refractivity contribution in [2.45, 2.75) is 26.4 Å². The fraction of sp³-hybridized carbons (Fsp3) is 0.333. The van der Waals surface area contributed by atoms with Crippen molar-refractivity contribution in [1.29, 1.82) is 0 Å². The third kappa shape index (κ3) is 4.08. The van der Waals surface area contributed by atoms with Crippen molar-refractivity contribution >= 4 is 11.8 Å². The van der Waals surface area contributed by atoms with Gasteiger partial charge in [0, 0.05) is 33.1 Å². The quantitative estimate of drug-likeness (QED) is 0.842. The average Bonchev–Trinajstić information content (AvgIpc) is 2.98. The number of aryl methyl sites for hydroxylation is 1. The molecule has 0 bridgehead atoms. The van der Waals surface area contributed by atoms with E-state index in [4.69, 9.17) is 0 Å². The van der Waals surface area contributed by atoms with Gasteiger partial charge in [-0.15, -0.1) is 0 Å². The van der Waals surface area contributed by atoms with E-state index in [0.29, 0.717) is 26.1 Å². The molecule has 0 N–H and O–H groups in total. The van der Waals surface area contributed by atoms with Crippen LogP contribution in [0.4, 0.5) is 0 Å². The van der Waals surface area contributed by atoms with Gasteiger partial charge in [-0.05, 0) is 23.6 Å². The number of benzene rings is 2. The van der Waals surface area contributed by atoms with E-state index in [1.165, 1.54) is 5.56 Å². The topological polar surface area (TPSA) is 40.6 Å². The van der Waals surface area contributed by atoms with E-state index >= 15 is 0 Å². The second kappa shape index (κ2) is 7.51. The molecule has 0 unspecified atom stereocenters. The molecule has 3 rings (SSSR count). The molecule has 25 heavy (non-hydrogen) atoms. The molecule has 1 aliphatic heterocycles. The third-order valence-electron chi connectivity index (χ3n) is 4.82. The Kier molecular flexibility index (Phi) is 5.17. The molecule has 0 saturated carbocycles. The predicted molar refractivity (Wildman–Crippen MR) is 97.6 cm³/mol. The molecule has 2 aromatic rings. The van der Waals surface area contributed by atoms with E-state index in [2.05, 4.69) is 0 Å². The molecule has 1 aliphatic rings. The molecule has 1 fully saturated rings. The van der Waals surface area contributed by atoms with Crippen LogP contribution >= 0.6 is 0 Å². The highest BCUT2D eigenvalue weighted by Crippen LogP contribution is 2.23. The molecule has 1 atom stereocenters. The first kappa shape index (κ1) is 17.2. The zero-order chi connectivity index (χ0) is 17.8. The van der Waals surface area contributed by atoms with Crippen molar-refractivity contribution in [3.05, 3.63) is 71.3 Å². The Morgan fingerprint density at radius 2 is 1.80 bits per heavy atom. The number of nitrogens with zero attached hydrogens (tertiary/aromatic N) is 2. The van der Waals surface area contributed by atoms with Crippen molar-refractivity contribution in [3.63, 3.8) is 0 Å². The number of hydrogen-bond donors (Lipinski definition) is 0. The Hall–Kier alpha value is -2.62. The highest BCUT2D eigenvalue weighted by Gasteiger charge is 2.35. The van der Waals surface area contributed by atoms with Gasteiger partial charge in [0.15, 0.2) is 0 Å². The normalized spacial score (nSPS) is 17.0. The van der Waals surface area contributed by atoms with Gasteiger partial charge in [-0.1, -0.05) is 54.6 Å². The molecule has 0 radical (unpaired) electrons. The van der Waals surface area contributed by atoms with Crippen LogP contribution in [-0.2, 0) is 22.7 Å². The van der Waals surface area contributed by atoms with Crippen LogP contribution in [0.2, 0.25) is 0 Å². The maximum Gasteiger partial charge on any atom is 0.228 e. The molecule has 4 heteroatoms. The smallest absolute Gasteiger partial charge is 0.228 e. The maximum atomic E-state index is 12.8. The van der Waals surface area contributed by atoms with E-state index in [1.807, 2.05) is 68.6 Å². The number of amides is 2. The van der Waals surface area contributed by atoms with Crippen LogP contribution in [0.3, 0.4) is 0 Å². The molecule has 0 spiro atoms. The summed E-state index contributed by atoms with van der Waals surface area (Å²) in [5, 5.41) is 0. The van der Waals surface area contributed by atoms with E-state index in [9.17, 15) is 9.59 Å². The summed E-state index contributed by atoms with van der Waals surface area (Å²) < 4.78 is 0. The molecular formula is C21H24N2O2. The van der Waals surface area contributed by atoms with Crippen LogP contribution in [0, 0.1) is 12.8 Å². The van der Waals surface area contributed by atoms with Crippen LogP contribution in [0.15, 0.2) is 54.6 Å². The number of carbonyl (C=O) groups is 2. The minimum absolute atomic E-state index is 0.0483. The molecule has 4 nitrogen and oxygen atoms in total. The van der Waals surface area contributed by atoms with Gasteiger partial charge in [-0.2, -0.15) is 0 Å². The van der Waals surface area contributed by atoms with E-state index in [1.54, 1.807) is 9.80 Å².